The first-order chi connectivity index (χ1) is 7.37. The molecule has 1 aliphatic carbocycles. The number of hydrogen-bond acceptors (Lipinski definition) is 2. The Balaban J connectivity index is 2.05. The molecule has 2 aliphatic rings. The van der Waals surface area contributed by atoms with E-state index in [4.69, 9.17) is 0 Å². The summed E-state index contributed by atoms with van der Waals surface area (Å²) in [5, 5.41) is 0.889. The van der Waals surface area contributed by atoms with Crippen molar-refractivity contribution in [3.8, 4) is 0 Å². The molecule has 3 nitrogen and oxygen atoms in total. The third kappa shape index (κ3) is 2.31. The van der Waals surface area contributed by atoms with Crippen molar-refractivity contribution in [1.29, 1.82) is 0 Å². The van der Waals surface area contributed by atoms with E-state index in [1.807, 2.05) is 13.8 Å². The molecule has 2 rings (SSSR count). The highest BCUT2D eigenvalue weighted by Crippen LogP contribution is 2.48. The van der Waals surface area contributed by atoms with Crippen LogP contribution in [-0.4, -0.2) is 28.6 Å². The van der Waals surface area contributed by atoms with E-state index in [1.165, 1.54) is 4.90 Å². The molecule has 2 amide bonds. The number of carbonyl (C=O) groups is 2. The van der Waals surface area contributed by atoms with Crippen molar-refractivity contribution in [2.75, 3.05) is 11.9 Å². The number of nitrogens with zero attached hydrogens (tertiary/aromatic N) is 1. The summed E-state index contributed by atoms with van der Waals surface area (Å²) in [6.45, 7) is 4.58. The zero-order valence-corrected chi connectivity index (χ0v) is 11.5. The first kappa shape index (κ1) is 12.1. The van der Waals surface area contributed by atoms with Crippen molar-refractivity contribution >= 4 is 27.7 Å². The lowest BCUT2D eigenvalue weighted by Crippen LogP contribution is -2.48. The number of halogens is 1. The molecule has 4 heteroatoms. The molecule has 0 aromatic heterocycles. The number of rotatable bonds is 3. The summed E-state index contributed by atoms with van der Waals surface area (Å²) >= 11 is 3.47. The molecule has 1 heterocycles. The average molecular weight is 288 g/mol. The number of amides is 2. The molecule has 1 saturated heterocycles. The molecule has 0 unspecified atom stereocenters. The smallest absolute Gasteiger partial charge is 0.229 e. The van der Waals surface area contributed by atoms with Gasteiger partial charge < -0.3 is 0 Å². The lowest BCUT2D eigenvalue weighted by molar-refractivity contribution is -0.153. The fourth-order valence-corrected chi connectivity index (χ4v) is 2.97. The molecule has 0 atom stereocenters. The number of alkyl halides is 1. The van der Waals surface area contributed by atoms with E-state index in [2.05, 4.69) is 15.9 Å². The van der Waals surface area contributed by atoms with Crippen LogP contribution < -0.4 is 0 Å². The number of piperidine rings is 1. The zero-order valence-electron chi connectivity index (χ0n) is 9.88. The van der Waals surface area contributed by atoms with Crippen LogP contribution in [-0.2, 0) is 9.59 Å². The van der Waals surface area contributed by atoms with Gasteiger partial charge in [0, 0.05) is 24.7 Å². The summed E-state index contributed by atoms with van der Waals surface area (Å²) in [5.74, 6) is 0.0157. The summed E-state index contributed by atoms with van der Waals surface area (Å²) in [5.41, 5.74) is 0.0303. The molecule has 16 heavy (non-hydrogen) atoms. The number of carbonyl (C=O) groups excluding carboxylic acids is 2. The lowest BCUT2D eigenvalue weighted by atomic mass is 9.81. The quantitative estimate of drug-likeness (QED) is 0.590. The van der Waals surface area contributed by atoms with Gasteiger partial charge in [-0.05, 0) is 23.7 Å². The van der Waals surface area contributed by atoms with Crippen LogP contribution in [0.2, 0.25) is 0 Å². The molecule has 0 spiro atoms. The van der Waals surface area contributed by atoms with Crippen LogP contribution in [0.5, 0.6) is 0 Å². The number of likely N-dealkylation sites (tertiary alicyclic amines) is 1. The minimum Gasteiger partial charge on any atom is -0.282 e. The summed E-state index contributed by atoms with van der Waals surface area (Å²) < 4.78 is 0. The van der Waals surface area contributed by atoms with Crippen LogP contribution in [0.3, 0.4) is 0 Å². The lowest BCUT2D eigenvalue weighted by Gasteiger charge is -2.36. The van der Waals surface area contributed by atoms with Crippen LogP contribution in [0.15, 0.2) is 0 Å². The van der Waals surface area contributed by atoms with E-state index < -0.39 is 0 Å². The van der Waals surface area contributed by atoms with Gasteiger partial charge in [0.05, 0.1) is 0 Å². The van der Waals surface area contributed by atoms with Crippen molar-refractivity contribution in [3.63, 3.8) is 0 Å². The monoisotopic (exact) mass is 287 g/mol. The van der Waals surface area contributed by atoms with Gasteiger partial charge in [-0.25, -0.2) is 0 Å². The Morgan fingerprint density at radius 1 is 1.19 bits per heavy atom. The second-order valence-corrected chi connectivity index (χ2v) is 6.59. The Bertz CT molecular complexity index is 314. The van der Waals surface area contributed by atoms with E-state index in [0.717, 1.165) is 18.2 Å². The standard InChI is InChI=1S/C12H18BrNO2/c1-11(2)5-9(15)14(10(16)6-11)8-12(7-13)3-4-12/h3-8H2,1-2H3. The average Bonchev–Trinajstić information content (AvgIpc) is 2.91. The number of hydrogen-bond donors (Lipinski definition) is 0. The van der Waals surface area contributed by atoms with Crippen molar-refractivity contribution in [2.24, 2.45) is 10.8 Å². The van der Waals surface area contributed by atoms with Gasteiger partial charge in [0.2, 0.25) is 11.8 Å². The summed E-state index contributed by atoms with van der Waals surface area (Å²) in [7, 11) is 0. The molecule has 0 bridgehead atoms. The van der Waals surface area contributed by atoms with E-state index >= 15 is 0 Å². The first-order valence-corrected chi connectivity index (χ1v) is 6.89. The predicted molar refractivity (Wildman–Crippen MR) is 65.2 cm³/mol. The van der Waals surface area contributed by atoms with Crippen LogP contribution in [0, 0.1) is 10.8 Å². The maximum Gasteiger partial charge on any atom is 0.229 e. The largest absolute Gasteiger partial charge is 0.282 e. The highest BCUT2D eigenvalue weighted by molar-refractivity contribution is 9.09. The Kier molecular flexibility index (Phi) is 2.89. The van der Waals surface area contributed by atoms with Crippen molar-refractivity contribution in [2.45, 2.75) is 39.5 Å². The normalized spacial score (nSPS) is 27.1. The molecular formula is C12H18BrNO2. The summed E-state index contributed by atoms with van der Waals surface area (Å²) in [6, 6.07) is 0. The molecule has 0 N–H and O–H groups in total. The second-order valence-electron chi connectivity index (χ2n) is 6.03. The van der Waals surface area contributed by atoms with Crippen LogP contribution in [0.25, 0.3) is 0 Å². The van der Waals surface area contributed by atoms with Gasteiger partial charge in [0.1, 0.15) is 0 Å². The summed E-state index contributed by atoms with van der Waals surface area (Å²) in [4.78, 5) is 25.3. The SMILES string of the molecule is CC1(C)CC(=O)N(CC2(CBr)CC2)C(=O)C1. The van der Waals surface area contributed by atoms with Crippen LogP contribution in [0.1, 0.15) is 39.5 Å². The van der Waals surface area contributed by atoms with Crippen molar-refractivity contribution in [3.05, 3.63) is 0 Å². The molecule has 0 radical (unpaired) electrons. The predicted octanol–water partition coefficient (Wildman–Crippen LogP) is 2.34. The Labute approximate surface area is 105 Å². The minimum atomic E-state index is -0.157. The zero-order chi connectivity index (χ0) is 12.0. The van der Waals surface area contributed by atoms with Crippen LogP contribution >= 0.6 is 15.9 Å². The van der Waals surface area contributed by atoms with Gasteiger partial charge >= 0.3 is 0 Å². The van der Waals surface area contributed by atoms with E-state index in [0.29, 0.717) is 19.4 Å². The third-order valence-electron chi connectivity index (χ3n) is 3.60. The molecule has 0 aromatic carbocycles. The number of imide groups is 1. The van der Waals surface area contributed by atoms with Crippen molar-refractivity contribution < 1.29 is 9.59 Å². The summed E-state index contributed by atoms with van der Waals surface area (Å²) in [6.07, 6.45) is 3.24. The van der Waals surface area contributed by atoms with E-state index in [1.54, 1.807) is 0 Å². The van der Waals surface area contributed by atoms with Gasteiger partial charge in [-0.1, -0.05) is 29.8 Å². The van der Waals surface area contributed by atoms with E-state index in [-0.39, 0.29) is 22.6 Å². The highest BCUT2D eigenvalue weighted by Gasteiger charge is 2.47. The maximum absolute atomic E-state index is 11.9. The topological polar surface area (TPSA) is 37.4 Å². The molecule has 2 fully saturated rings. The van der Waals surface area contributed by atoms with Gasteiger partial charge in [0.25, 0.3) is 0 Å². The molecule has 90 valence electrons. The second kappa shape index (κ2) is 3.83. The Morgan fingerprint density at radius 2 is 1.69 bits per heavy atom. The molecular weight excluding hydrogens is 270 g/mol. The first-order valence-electron chi connectivity index (χ1n) is 5.77. The fraction of sp³-hybridized carbons (Fsp3) is 0.833. The third-order valence-corrected chi connectivity index (χ3v) is 4.79. The molecule has 1 saturated carbocycles. The Hall–Kier alpha value is -0.380. The van der Waals surface area contributed by atoms with Crippen molar-refractivity contribution in [1.82, 2.24) is 4.90 Å². The van der Waals surface area contributed by atoms with Crippen LogP contribution in [0.4, 0.5) is 0 Å². The van der Waals surface area contributed by atoms with Gasteiger partial charge in [0.15, 0.2) is 0 Å². The van der Waals surface area contributed by atoms with Gasteiger partial charge in [-0.3, -0.25) is 14.5 Å². The Morgan fingerprint density at radius 3 is 2.06 bits per heavy atom. The maximum atomic E-state index is 11.9. The highest BCUT2D eigenvalue weighted by atomic mass is 79.9. The molecule has 1 aliphatic heterocycles. The van der Waals surface area contributed by atoms with Gasteiger partial charge in [-0.2, -0.15) is 0 Å². The fourth-order valence-electron chi connectivity index (χ4n) is 2.23. The van der Waals surface area contributed by atoms with Gasteiger partial charge in [-0.15, -0.1) is 0 Å². The van der Waals surface area contributed by atoms with E-state index in [9.17, 15) is 9.59 Å². The minimum absolute atomic E-state index is 0.00785. The molecule has 0 aromatic rings.